The standard InChI is InChI=1S/C3H9B3/c1-4-5(2)6(4)3/h1-3H3. The van der Waals surface area contributed by atoms with Crippen LogP contribution in [0, 0.1) is 0 Å². The SMILES string of the molecule is CB1B(C)B1C. The molecule has 1 saturated heterocycles. The Morgan fingerprint density at radius 2 is 0.833 bits per heavy atom. The predicted octanol–water partition coefficient (Wildman–Crippen LogP) is 0.609. The van der Waals surface area contributed by atoms with Gasteiger partial charge in [-0.15, -0.1) is 0 Å². The zero-order chi connectivity index (χ0) is 4.73. The fraction of sp³-hybridized carbons (Fsp3) is 1.00. The van der Waals surface area contributed by atoms with E-state index in [1.54, 1.807) is 0 Å². The van der Waals surface area contributed by atoms with Gasteiger partial charge in [0, 0.05) is 0 Å². The molecule has 0 bridgehead atoms. The first kappa shape index (κ1) is 4.36. The van der Waals surface area contributed by atoms with Crippen LogP contribution in [0.3, 0.4) is 0 Å². The Bertz CT molecular complexity index is 42.8. The van der Waals surface area contributed by atoms with Gasteiger partial charge in [0.1, 0.15) is 0 Å². The van der Waals surface area contributed by atoms with Crippen LogP contribution in [0.25, 0.3) is 0 Å². The Hall–Kier alpha value is 0.195. The van der Waals surface area contributed by atoms with Crippen molar-refractivity contribution >= 4 is 19.5 Å². The first-order valence-corrected chi connectivity index (χ1v) is 2.73. The van der Waals surface area contributed by atoms with Gasteiger partial charge in [-0.1, -0.05) is 20.5 Å². The molecule has 1 aliphatic rings. The maximum atomic E-state index is 2.31. The molecular formula is C3H9B3. The smallest absolute Gasteiger partial charge is 0.0606 e. The highest BCUT2D eigenvalue weighted by atomic mass is 13.5. The molecule has 0 atom stereocenters. The Morgan fingerprint density at radius 1 is 0.667 bits per heavy atom. The lowest BCUT2D eigenvalue weighted by molar-refractivity contribution is 2.29. The molecule has 0 saturated carbocycles. The summed E-state index contributed by atoms with van der Waals surface area (Å²) in [5.74, 6) is 0. The van der Waals surface area contributed by atoms with Crippen molar-refractivity contribution in [2.24, 2.45) is 0 Å². The summed E-state index contributed by atoms with van der Waals surface area (Å²) in [4.78, 5) is 0. The van der Waals surface area contributed by atoms with Crippen molar-refractivity contribution in [1.29, 1.82) is 0 Å². The second kappa shape index (κ2) is 1.08. The minimum atomic E-state index is 1.02. The van der Waals surface area contributed by atoms with E-state index >= 15 is 0 Å². The zero-order valence-corrected chi connectivity index (χ0v) is 4.73. The third-order valence-corrected chi connectivity index (χ3v) is 2.35. The first-order valence-electron chi connectivity index (χ1n) is 2.73. The van der Waals surface area contributed by atoms with Crippen LogP contribution in [0.4, 0.5) is 0 Å². The van der Waals surface area contributed by atoms with Crippen molar-refractivity contribution in [3.8, 4) is 0 Å². The highest BCUT2D eigenvalue weighted by Gasteiger charge is 2.45. The molecule has 1 rings (SSSR count). The molecule has 0 radical (unpaired) electrons. The highest BCUT2D eigenvalue weighted by Crippen LogP contribution is 2.14. The minimum Gasteiger partial charge on any atom is -0.0999 e. The molecule has 6 heavy (non-hydrogen) atoms. The average molecular weight is 77.5 g/mol. The molecule has 0 N–H and O–H groups in total. The normalized spacial score (nSPS) is 19.5. The molecule has 0 aromatic carbocycles. The summed E-state index contributed by atoms with van der Waals surface area (Å²) in [5, 5.41) is 0. The second-order valence-electron chi connectivity index (χ2n) is 2.58. The van der Waals surface area contributed by atoms with E-state index in [-0.39, 0.29) is 0 Å². The molecule has 1 heterocycles. The van der Waals surface area contributed by atoms with Crippen molar-refractivity contribution in [1.82, 2.24) is 0 Å². The van der Waals surface area contributed by atoms with Gasteiger partial charge in [-0.05, 0) is 0 Å². The second-order valence-corrected chi connectivity index (χ2v) is 2.58. The van der Waals surface area contributed by atoms with Gasteiger partial charge in [0.25, 0.3) is 0 Å². The van der Waals surface area contributed by atoms with Crippen LogP contribution >= 0.6 is 0 Å². The van der Waals surface area contributed by atoms with E-state index in [0.717, 1.165) is 19.5 Å². The van der Waals surface area contributed by atoms with Crippen LogP contribution in [0.1, 0.15) is 0 Å². The molecule has 0 aromatic heterocycles. The fourth-order valence-corrected chi connectivity index (χ4v) is 0.911. The summed E-state index contributed by atoms with van der Waals surface area (Å²) in [6.07, 6.45) is 0. The van der Waals surface area contributed by atoms with Gasteiger partial charge in [0.2, 0.25) is 0 Å². The van der Waals surface area contributed by atoms with E-state index in [1.807, 2.05) is 0 Å². The van der Waals surface area contributed by atoms with Gasteiger partial charge in [0.15, 0.2) is 0 Å². The van der Waals surface area contributed by atoms with Crippen LogP contribution < -0.4 is 0 Å². The third-order valence-electron chi connectivity index (χ3n) is 2.35. The molecule has 0 nitrogen and oxygen atoms in total. The van der Waals surface area contributed by atoms with Crippen LogP contribution in [0.2, 0.25) is 20.5 Å². The molecule has 3 heteroatoms. The summed E-state index contributed by atoms with van der Waals surface area (Å²) < 4.78 is 0. The monoisotopic (exact) mass is 78.1 g/mol. The van der Waals surface area contributed by atoms with Gasteiger partial charge >= 0.3 is 0 Å². The molecule has 0 aliphatic carbocycles. The van der Waals surface area contributed by atoms with Crippen LogP contribution in [0.15, 0.2) is 0 Å². The Kier molecular flexibility index (Phi) is 0.785. The fourth-order valence-electron chi connectivity index (χ4n) is 0.911. The molecular weight excluding hydrogens is 68.5 g/mol. The van der Waals surface area contributed by atoms with E-state index < -0.39 is 0 Å². The lowest BCUT2D eigenvalue weighted by Crippen LogP contribution is -1.86. The molecule has 0 amide bonds. The van der Waals surface area contributed by atoms with E-state index in [0.29, 0.717) is 0 Å². The Balaban J connectivity index is 2.31. The van der Waals surface area contributed by atoms with Gasteiger partial charge in [-0.3, -0.25) is 0 Å². The number of rotatable bonds is 0. The average Bonchev–Trinajstić information content (AvgIpc) is 1.94. The van der Waals surface area contributed by atoms with Crippen molar-refractivity contribution in [3.05, 3.63) is 0 Å². The molecule has 1 aliphatic heterocycles. The lowest BCUT2D eigenvalue weighted by atomic mass is 9.43. The summed E-state index contributed by atoms with van der Waals surface area (Å²) in [6, 6.07) is 0. The summed E-state index contributed by atoms with van der Waals surface area (Å²) in [7, 11) is 0. The first-order chi connectivity index (χ1) is 2.73. The van der Waals surface area contributed by atoms with E-state index in [9.17, 15) is 0 Å². The van der Waals surface area contributed by atoms with Gasteiger partial charge in [0.05, 0.1) is 19.5 Å². The zero-order valence-electron chi connectivity index (χ0n) is 4.73. The van der Waals surface area contributed by atoms with Crippen molar-refractivity contribution in [2.45, 2.75) is 20.5 Å². The van der Waals surface area contributed by atoms with Gasteiger partial charge in [-0.2, -0.15) is 0 Å². The Morgan fingerprint density at radius 3 is 0.833 bits per heavy atom. The maximum Gasteiger partial charge on any atom is 0.0606 e. The summed E-state index contributed by atoms with van der Waals surface area (Å²) >= 11 is 0. The number of hydrogen-bond acceptors (Lipinski definition) is 0. The van der Waals surface area contributed by atoms with Crippen molar-refractivity contribution < 1.29 is 0 Å². The molecule has 0 aromatic rings. The maximum absolute atomic E-state index is 2.31. The highest BCUT2D eigenvalue weighted by molar-refractivity contribution is 7.95. The van der Waals surface area contributed by atoms with Gasteiger partial charge in [-0.25, -0.2) is 0 Å². The minimum absolute atomic E-state index is 1.02. The van der Waals surface area contributed by atoms with E-state index in [4.69, 9.17) is 0 Å². The Labute approximate surface area is 40.9 Å². The summed E-state index contributed by atoms with van der Waals surface area (Å²) in [5.41, 5.74) is 0. The van der Waals surface area contributed by atoms with E-state index in [1.165, 1.54) is 0 Å². The van der Waals surface area contributed by atoms with Crippen LogP contribution in [-0.2, 0) is 0 Å². The molecule has 0 spiro atoms. The van der Waals surface area contributed by atoms with E-state index in [2.05, 4.69) is 20.5 Å². The quantitative estimate of drug-likeness (QED) is 0.372. The van der Waals surface area contributed by atoms with Gasteiger partial charge < -0.3 is 0 Å². The third kappa shape index (κ3) is 0.412. The topological polar surface area (TPSA) is 0 Å². The van der Waals surface area contributed by atoms with Crippen molar-refractivity contribution in [3.63, 3.8) is 0 Å². The molecule has 1 fully saturated rings. The number of hydrogen-bond donors (Lipinski definition) is 0. The molecule has 0 unspecified atom stereocenters. The van der Waals surface area contributed by atoms with Crippen LogP contribution in [0.5, 0.6) is 0 Å². The largest absolute Gasteiger partial charge is 0.0999 e. The van der Waals surface area contributed by atoms with Crippen LogP contribution in [-0.4, -0.2) is 19.5 Å². The lowest BCUT2D eigenvalue weighted by Gasteiger charge is -1.60. The predicted molar refractivity (Wildman–Crippen MR) is 34.9 cm³/mol. The van der Waals surface area contributed by atoms with Crippen molar-refractivity contribution in [2.75, 3.05) is 0 Å². The molecule has 30 valence electrons. The summed E-state index contributed by atoms with van der Waals surface area (Å²) in [6.45, 7) is 10.0.